The predicted octanol–water partition coefficient (Wildman–Crippen LogP) is 4.12. The minimum absolute atomic E-state index is 0.128. The van der Waals surface area contributed by atoms with Crippen LogP contribution in [0.3, 0.4) is 0 Å². The number of aryl methyl sites for hydroxylation is 1. The maximum atomic E-state index is 12.8. The van der Waals surface area contributed by atoms with Crippen LogP contribution < -0.4 is 10.1 Å². The zero-order valence-electron chi connectivity index (χ0n) is 16.9. The largest absolute Gasteiger partial charge is 0.475 e. The molecular formula is C20H34N2O4. The van der Waals surface area contributed by atoms with Gasteiger partial charge in [0, 0.05) is 19.3 Å². The third kappa shape index (κ3) is 7.30. The third-order valence-electron chi connectivity index (χ3n) is 4.18. The average molecular weight is 367 g/mol. The Morgan fingerprint density at radius 1 is 1.19 bits per heavy atom. The van der Waals surface area contributed by atoms with Gasteiger partial charge in [-0.2, -0.15) is 0 Å². The minimum Gasteiger partial charge on any atom is -0.475 e. The highest BCUT2D eigenvalue weighted by molar-refractivity contribution is 5.97. The van der Waals surface area contributed by atoms with Crippen molar-refractivity contribution in [3.8, 4) is 5.88 Å². The van der Waals surface area contributed by atoms with Gasteiger partial charge in [0.2, 0.25) is 5.88 Å². The molecule has 0 saturated carbocycles. The van der Waals surface area contributed by atoms with E-state index in [-0.39, 0.29) is 5.91 Å². The van der Waals surface area contributed by atoms with Crippen LogP contribution in [0, 0.1) is 6.92 Å². The topological polar surface area (TPSA) is 69.7 Å². The molecule has 1 heterocycles. The van der Waals surface area contributed by atoms with Crippen LogP contribution in [-0.2, 0) is 14.3 Å². The number of unbranched alkanes of at least 4 members (excludes halogenated alkanes) is 2. The molecular weight excluding hydrogens is 332 g/mol. The molecule has 0 aliphatic rings. The second-order valence-electron chi connectivity index (χ2n) is 6.68. The van der Waals surface area contributed by atoms with E-state index in [0.717, 1.165) is 31.2 Å². The Hall–Kier alpha value is -1.66. The van der Waals surface area contributed by atoms with Gasteiger partial charge in [0.15, 0.2) is 0 Å². The summed E-state index contributed by atoms with van der Waals surface area (Å²) in [6.07, 6.45) is 6.36. The predicted molar refractivity (Wildman–Crippen MR) is 104 cm³/mol. The Morgan fingerprint density at radius 3 is 2.58 bits per heavy atom. The first-order chi connectivity index (χ1) is 12.5. The fourth-order valence-corrected chi connectivity index (χ4v) is 2.56. The van der Waals surface area contributed by atoms with Crippen molar-refractivity contribution in [1.29, 1.82) is 0 Å². The van der Waals surface area contributed by atoms with Crippen LogP contribution in [0.1, 0.15) is 58.4 Å². The van der Waals surface area contributed by atoms with Gasteiger partial charge in [-0.25, -0.2) is 4.98 Å². The van der Waals surface area contributed by atoms with Gasteiger partial charge in [-0.1, -0.05) is 33.1 Å². The molecule has 1 amide bonds. The summed E-state index contributed by atoms with van der Waals surface area (Å²) < 4.78 is 16.4. The molecule has 1 aromatic rings. The lowest BCUT2D eigenvalue weighted by Gasteiger charge is -2.28. The number of carbonyl (C=O) groups is 1. The Kier molecular flexibility index (Phi) is 10.2. The van der Waals surface area contributed by atoms with Crippen molar-refractivity contribution < 1.29 is 19.0 Å². The standard InChI is InChI=1S/C20H34N2O4/c1-6-8-9-10-20(4,26-11-7-2)19(23)22-17-14-16(3)18(21-15-17)25-13-12-24-5/h14-15H,6-13H2,1-5H3,(H,22,23). The lowest BCUT2D eigenvalue weighted by molar-refractivity contribution is -0.140. The fourth-order valence-electron chi connectivity index (χ4n) is 2.56. The van der Waals surface area contributed by atoms with Gasteiger partial charge in [-0.3, -0.25) is 4.79 Å². The number of aromatic nitrogens is 1. The van der Waals surface area contributed by atoms with Crippen molar-refractivity contribution in [2.75, 3.05) is 32.2 Å². The number of pyridine rings is 1. The van der Waals surface area contributed by atoms with Crippen LogP contribution in [0.15, 0.2) is 12.3 Å². The van der Waals surface area contributed by atoms with Gasteiger partial charge >= 0.3 is 0 Å². The number of amides is 1. The number of anilines is 1. The zero-order chi connectivity index (χ0) is 19.4. The van der Waals surface area contributed by atoms with E-state index in [9.17, 15) is 4.79 Å². The highest BCUT2D eigenvalue weighted by Gasteiger charge is 2.33. The van der Waals surface area contributed by atoms with E-state index in [4.69, 9.17) is 14.2 Å². The number of hydrogen-bond acceptors (Lipinski definition) is 5. The van der Waals surface area contributed by atoms with Crippen LogP contribution >= 0.6 is 0 Å². The van der Waals surface area contributed by atoms with E-state index in [0.29, 0.717) is 37.8 Å². The lowest BCUT2D eigenvalue weighted by Crippen LogP contribution is -2.43. The fraction of sp³-hybridized carbons (Fsp3) is 0.700. The summed E-state index contributed by atoms with van der Waals surface area (Å²) in [7, 11) is 1.63. The summed E-state index contributed by atoms with van der Waals surface area (Å²) in [5, 5.41) is 2.95. The molecule has 1 atom stereocenters. The van der Waals surface area contributed by atoms with Gasteiger partial charge in [-0.05, 0) is 32.8 Å². The second-order valence-corrected chi connectivity index (χ2v) is 6.68. The van der Waals surface area contributed by atoms with Crippen LogP contribution in [0.2, 0.25) is 0 Å². The van der Waals surface area contributed by atoms with Gasteiger partial charge in [0.05, 0.1) is 18.5 Å². The second kappa shape index (κ2) is 11.9. The molecule has 0 spiro atoms. The van der Waals surface area contributed by atoms with Gasteiger partial charge in [-0.15, -0.1) is 0 Å². The highest BCUT2D eigenvalue weighted by atomic mass is 16.5. The first-order valence-electron chi connectivity index (χ1n) is 9.50. The maximum Gasteiger partial charge on any atom is 0.256 e. The van der Waals surface area contributed by atoms with Crippen molar-refractivity contribution >= 4 is 11.6 Å². The molecule has 1 rings (SSSR count). The summed E-state index contributed by atoms with van der Waals surface area (Å²) in [6, 6.07) is 1.86. The summed E-state index contributed by atoms with van der Waals surface area (Å²) in [5.74, 6) is 0.421. The van der Waals surface area contributed by atoms with Gasteiger partial charge < -0.3 is 19.5 Å². The maximum absolute atomic E-state index is 12.8. The Bertz CT molecular complexity index is 551. The average Bonchev–Trinajstić information content (AvgIpc) is 2.62. The molecule has 0 fully saturated rings. The van der Waals surface area contributed by atoms with Crippen LogP contribution in [0.4, 0.5) is 5.69 Å². The van der Waals surface area contributed by atoms with E-state index >= 15 is 0 Å². The number of nitrogens with one attached hydrogen (secondary N) is 1. The summed E-state index contributed by atoms with van der Waals surface area (Å²) in [6.45, 7) is 9.48. The van der Waals surface area contributed by atoms with Crippen LogP contribution in [0.5, 0.6) is 5.88 Å². The SMILES string of the molecule is CCCCCC(C)(OCCC)C(=O)Nc1cnc(OCCOC)c(C)c1. The summed E-state index contributed by atoms with van der Waals surface area (Å²) >= 11 is 0. The van der Waals surface area contributed by atoms with E-state index < -0.39 is 5.60 Å². The third-order valence-corrected chi connectivity index (χ3v) is 4.18. The first kappa shape index (κ1) is 22.4. The van der Waals surface area contributed by atoms with Crippen molar-refractivity contribution in [3.05, 3.63) is 17.8 Å². The molecule has 0 radical (unpaired) electrons. The molecule has 6 nitrogen and oxygen atoms in total. The summed E-state index contributed by atoms with van der Waals surface area (Å²) in [5.41, 5.74) is 0.682. The molecule has 148 valence electrons. The van der Waals surface area contributed by atoms with E-state index in [1.54, 1.807) is 13.3 Å². The molecule has 6 heteroatoms. The molecule has 0 aromatic carbocycles. The number of methoxy groups -OCH3 is 1. The Labute approximate surface area is 157 Å². The monoisotopic (exact) mass is 366 g/mol. The van der Waals surface area contributed by atoms with Gasteiger partial charge in [0.25, 0.3) is 5.91 Å². The van der Waals surface area contributed by atoms with Crippen LogP contribution in [0.25, 0.3) is 0 Å². The van der Waals surface area contributed by atoms with E-state index in [1.165, 1.54) is 0 Å². The first-order valence-corrected chi connectivity index (χ1v) is 9.50. The number of rotatable bonds is 13. The van der Waals surface area contributed by atoms with Crippen molar-refractivity contribution in [1.82, 2.24) is 4.98 Å². The molecule has 1 aromatic heterocycles. The molecule has 1 unspecified atom stereocenters. The quantitative estimate of drug-likeness (QED) is 0.532. The minimum atomic E-state index is -0.827. The molecule has 0 bridgehead atoms. The number of ether oxygens (including phenoxy) is 3. The van der Waals surface area contributed by atoms with Gasteiger partial charge in [0.1, 0.15) is 12.2 Å². The summed E-state index contributed by atoms with van der Waals surface area (Å²) in [4.78, 5) is 17.1. The van der Waals surface area contributed by atoms with E-state index in [2.05, 4.69) is 17.2 Å². The molecule has 0 aliphatic heterocycles. The smallest absolute Gasteiger partial charge is 0.256 e. The Morgan fingerprint density at radius 2 is 1.96 bits per heavy atom. The molecule has 0 saturated heterocycles. The van der Waals surface area contributed by atoms with Crippen molar-refractivity contribution in [2.24, 2.45) is 0 Å². The highest BCUT2D eigenvalue weighted by Crippen LogP contribution is 2.24. The Balaban J connectivity index is 2.76. The van der Waals surface area contributed by atoms with Crippen molar-refractivity contribution in [3.63, 3.8) is 0 Å². The number of carbonyl (C=O) groups excluding carboxylic acids is 1. The number of hydrogen-bond donors (Lipinski definition) is 1. The number of nitrogens with zero attached hydrogens (tertiary/aromatic N) is 1. The van der Waals surface area contributed by atoms with Crippen molar-refractivity contribution in [2.45, 2.75) is 65.4 Å². The molecule has 1 N–H and O–H groups in total. The van der Waals surface area contributed by atoms with Crippen LogP contribution in [-0.4, -0.2) is 43.4 Å². The molecule has 0 aliphatic carbocycles. The van der Waals surface area contributed by atoms with E-state index in [1.807, 2.05) is 26.8 Å². The molecule has 26 heavy (non-hydrogen) atoms. The zero-order valence-corrected chi connectivity index (χ0v) is 16.9. The lowest BCUT2D eigenvalue weighted by atomic mass is 9.96. The normalized spacial score (nSPS) is 13.3.